The number of allylic oxidation sites excluding steroid dienone is 3. The lowest BCUT2D eigenvalue weighted by Crippen LogP contribution is -2.34. The molecule has 0 saturated carbocycles. The zero-order valence-electron chi connectivity index (χ0n) is 16.6. The summed E-state index contributed by atoms with van der Waals surface area (Å²) in [5, 5.41) is 39.5. The van der Waals surface area contributed by atoms with Gasteiger partial charge in [-0.1, -0.05) is 38.7 Å². The average molecular weight is 398 g/mol. The summed E-state index contributed by atoms with van der Waals surface area (Å²) in [6.45, 7) is 8.58. The summed E-state index contributed by atoms with van der Waals surface area (Å²) >= 11 is 0. The molecule has 28 heavy (non-hydrogen) atoms. The number of ether oxygens (including phenoxy) is 1. The van der Waals surface area contributed by atoms with Gasteiger partial charge in [-0.15, -0.1) is 0 Å². The van der Waals surface area contributed by atoms with Crippen LogP contribution in [-0.4, -0.2) is 50.8 Å². The lowest BCUT2D eigenvalue weighted by Gasteiger charge is -2.23. The van der Waals surface area contributed by atoms with Gasteiger partial charge in [-0.05, 0) is 30.9 Å². The van der Waals surface area contributed by atoms with Gasteiger partial charge in [0, 0.05) is 18.8 Å². The molecule has 0 fully saturated rings. The van der Waals surface area contributed by atoms with Gasteiger partial charge in [0.2, 0.25) is 5.78 Å². The predicted molar refractivity (Wildman–Crippen MR) is 104 cm³/mol. The van der Waals surface area contributed by atoms with Gasteiger partial charge in [-0.25, -0.2) is 4.39 Å². The van der Waals surface area contributed by atoms with E-state index in [9.17, 15) is 29.6 Å². The van der Waals surface area contributed by atoms with Crippen molar-refractivity contribution in [2.24, 2.45) is 11.8 Å². The number of halogens is 1. The lowest BCUT2D eigenvalue weighted by atomic mass is 9.98. The third kappa shape index (κ3) is 8.06. The smallest absolute Gasteiger partial charge is 0.221 e. The standard InChI is InChI=1S/C21H31FO6/c1-12(8-14(3)23)9-16-6-5-7-18(24)21(27)20(26)17(22)10-13(2)15(4)28-19(25)11-16/h5-6,9-10,12-13,15,18-19,21,23-25,27H,3,7-8,11H2,1-2,4H3/b6-5+,16-9-,17-10+/t12?,13-,15?,18?,19?,21?/m1/s1. The van der Waals surface area contributed by atoms with E-state index in [-0.39, 0.29) is 24.5 Å². The van der Waals surface area contributed by atoms with Crippen molar-refractivity contribution in [3.8, 4) is 0 Å². The van der Waals surface area contributed by atoms with Crippen LogP contribution in [-0.2, 0) is 9.53 Å². The Morgan fingerprint density at radius 3 is 2.64 bits per heavy atom. The van der Waals surface area contributed by atoms with Crippen LogP contribution in [0.15, 0.2) is 48.0 Å². The summed E-state index contributed by atoms with van der Waals surface area (Å²) < 4.78 is 19.6. The van der Waals surface area contributed by atoms with E-state index in [0.717, 1.165) is 6.08 Å². The molecule has 6 atom stereocenters. The topological polar surface area (TPSA) is 107 Å². The number of aliphatic hydroxyl groups excluding tert-OH is 4. The molecule has 0 aromatic heterocycles. The van der Waals surface area contributed by atoms with Crippen molar-refractivity contribution in [2.75, 3.05) is 0 Å². The average Bonchev–Trinajstić information content (AvgIpc) is 2.58. The van der Waals surface area contributed by atoms with Crippen LogP contribution in [0.4, 0.5) is 4.39 Å². The van der Waals surface area contributed by atoms with Crippen LogP contribution in [0.2, 0.25) is 0 Å². The number of rotatable bonds is 3. The molecule has 6 nitrogen and oxygen atoms in total. The van der Waals surface area contributed by atoms with Crippen LogP contribution in [0.5, 0.6) is 0 Å². The van der Waals surface area contributed by atoms with Crippen LogP contribution >= 0.6 is 0 Å². The molecule has 0 aromatic rings. The predicted octanol–water partition coefficient (Wildman–Crippen LogP) is 2.86. The molecule has 0 spiro atoms. The number of Topliss-reactive ketones (excluding diaryl/α,β-unsaturated/α-hetero) is 1. The summed E-state index contributed by atoms with van der Waals surface area (Å²) in [6, 6.07) is 0. The van der Waals surface area contributed by atoms with Crippen molar-refractivity contribution < 1.29 is 34.3 Å². The number of hydrogen-bond donors (Lipinski definition) is 4. The molecule has 0 aromatic carbocycles. The molecule has 4 N–H and O–H groups in total. The van der Waals surface area contributed by atoms with E-state index in [1.54, 1.807) is 19.9 Å². The Hall–Kier alpha value is -1.80. The maximum Gasteiger partial charge on any atom is 0.221 e. The van der Waals surface area contributed by atoms with Gasteiger partial charge < -0.3 is 25.2 Å². The van der Waals surface area contributed by atoms with Gasteiger partial charge in [-0.2, -0.15) is 0 Å². The summed E-state index contributed by atoms with van der Waals surface area (Å²) in [7, 11) is 0. The second-order valence-corrected chi connectivity index (χ2v) is 7.38. The van der Waals surface area contributed by atoms with Crippen molar-refractivity contribution in [1.29, 1.82) is 0 Å². The molecule has 158 valence electrons. The van der Waals surface area contributed by atoms with E-state index >= 15 is 0 Å². The first kappa shape index (κ1) is 24.2. The van der Waals surface area contributed by atoms with Crippen molar-refractivity contribution in [3.63, 3.8) is 0 Å². The molecule has 1 rings (SSSR count). The van der Waals surface area contributed by atoms with E-state index in [4.69, 9.17) is 4.74 Å². The third-order valence-electron chi connectivity index (χ3n) is 4.57. The largest absolute Gasteiger partial charge is 0.513 e. The van der Waals surface area contributed by atoms with Gasteiger partial charge in [0.05, 0.1) is 18.0 Å². The Morgan fingerprint density at radius 2 is 2.04 bits per heavy atom. The summed E-state index contributed by atoms with van der Waals surface area (Å²) in [5.74, 6) is -2.91. The fraction of sp³-hybridized carbons (Fsp3) is 0.571. The monoisotopic (exact) mass is 398 g/mol. The van der Waals surface area contributed by atoms with Gasteiger partial charge in [0.1, 0.15) is 6.10 Å². The van der Waals surface area contributed by atoms with Crippen LogP contribution in [0, 0.1) is 11.8 Å². The van der Waals surface area contributed by atoms with E-state index < -0.39 is 42.1 Å². The maximum atomic E-state index is 14.1. The second-order valence-electron chi connectivity index (χ2n) is 7.38. The van der Waals surface area contributed by atoms with Gasteiger partial charge in [-0.3, -0.25) is 4.79 Å². The quantitative estimate of drug-likeness (QED) is 0.545. The summed E-state index contributed by atoms with van der Waals surface area (Å²) in [6.07, 6.45) is 1.32. The van der Waals surface area contributed by atoms with E-state index in [1.807, 2.05) is 13.0 Å². The molecule has 1 aliphatic heterocycles. The van der Waals surface area contributed by atoms with Gasteiger partial charge in [0.25, 0.3) is 0 Å². The summed E-state index contributed by atoms with van der Waals surface area (Å²) in [5.41, 5.74) is 0.688. The first-order chi connectivity index (χ1) is 13.0. The molecule has 1 heterocycles. The highest BCUT2D eigenvalue weighted by Crippen LogP contribution is 2.21. The SMILES string of the molecule is C=C(O)CC(C)/C=C1/C=C/CC(O)C(O)C(=O)/C(F)=C\[C@@H](C)C(C)OC(O)C1. The fourth-order valence-corrected chi connectivity index (χ4v) is 2.86. The molecule has 1 aliphatic rings. The molecule has 0 radical (unpaired) electrons. The van der Waals surface area contributed by atoms with Crippen LogP contribution < -0.4 is 0 Å². The molecule has 5 unspecified atom stereocenters. The van der Waals surface area contributed by atoms with Crippen molar-refractivity contribution in [3.05, 3.63) is 48.0 Å². The maximum absolute atomic E-state index is 14.1. The highest BCUT2D eigenvalue weighted by molar-refractivity contribution is 5.97. The van der Waals surface area contributed by atoms with E-state index in [0.29, 0.717) is 12.0 Å². The Labute approximate surface area is 165 Å². The number of ketones is 1. The lowest BCUT2D eigenvalue weighted by molar-refractivity contribution is -0.137. The van der Waals surface area contributed by atoms with Gasteiger partial charge in [0.15, 0.2) is 12.1 Å². The minimum atomic E-state index is -1.87. The molecule has 0 amide bonds. The highest BCUT2D eigenvalue weighted by Gasteiger charge is 2.28. The normalized spacial score (nSPS) is 36.2. The van der Waals surface area contributed by atoms with Crippen molar-refractivity contribution in [2.45, 2.75) is 64.6 Å². The highest BCUT2D eigenvalue weighted by atomic mass is 19.1. The number of carbonyl (C=O) groups excluding carboxylic acids is 1. The number of aliphatic hydroxyl groups is 4. The minimum absolute atomic E-state index is 0.0411. The van der Waals surface area contributed by atoms with E-state index in [1.165, 1.54) is 6.08 Å². The Morgan fingerprint density at radius 1 is 1.39 bits per heavy atom. The molecule has 0 bridgehead atoms. The molecule has 0 aliphatic carbocycles. The number of hydrogen-bond acceptors (Lipinski definition) is 6. The first-order valence-electron chi connectivity index (χ1n) is 9.36. The first-order valence-corrected chi connectivity index (χ1v) is 9.36. The second kappa shape index (κ2) is 11.3. The van der Waals surface area contributed by atoms with Crippen LogP contribution in [0.25, 0.3) is 0 Å². The van der Waals surface area contributed by atoms with Gasteiger partial charge >= 0.3 is 0 Å². The Bertz CT molecular complexity index is 639. The van der Waals surface area contributed by atoms with E-state index in [2.05, 4.69) is 6.58 Å². The summed E-state index contributed by atoms with van der Waals surface area (Å²) in [4.78, 5) is 11.9. The third-order valence-corrected chi connectivity index (χ3v) is 4.57. The molecular formula is C21H31FO6. The number of carbonyl (C=O) groups is 1. The fourth-order valence-electron chi connectivity index (χ4n) is 2.86. The van der Waals surface area contributed by atoms with Crippen molar-refractivity contribution in [1.82, 2.24) is 0 Å². The van der Waals surface area contributed by atoms with Crippen LogP contribution in [0.3, 0.4) is 0 Å². The Kier molecular flexibility index (Phi) is 9.75. The zero-order chi connectivity index (χ0) is 21.4. The van der Waals surface area contributed by atoms with Crippen molar-refractivity contribution >= 4 is 5.78 Å². The molecule has 0 saturated heterocycles. The minimum Gasteiger partial charge on any atom is -0.513 e. The zero-order valence-corrected chi connectivity index (χ0v) is 16.6. The molecule has 7 heteroatoms. The Balaban J connectivity index is 3.13. The molecular weight excluding hydrogens is 367 g/mol. The van der Waals surface area contributed by atoms with Crippen LogP contribution in [0.1, 0.15) is 40.0 Å².